The van der Waals surface area contributed by atoms with Gasteiger partial charge in [-0.25, -0.2) is 9.78 Å². The van der Waals surface area contributed by atoms with Gasteiger partial charge < -0.3 is 19.4 Å². The van der Waals surface area contributed by atoms with Crippen molar-refractivity contribution >= 4 is 19.3 Å². The molecule has 0 atom stereocenters. The van der Waals surface area contributed by atoms with Gasteiger partial charge in [-0.3, -0.25) is 0 Å². The van der Waals surface area contributed by atoms with E-state index in [0.29, 0.717) is 5.47 Å². The third-order valence-electron chi connectivity index (χ3n) is 4.85. The highest BCUT2D eigenvalue weighted by molar-refractivity contribution is 6.56. The zero-order valence-electron chi connectivity index (χ0n) is 18.0. The number of rotatable bonds is 4. The van der Waals surface area contributed by atoms with E-state index in [9.17, 15) is 9.18 Å². The Kier molecular flexibility index (Phi) is 6.26. The molecule has 1 fully saturated rings. The maximum absolute atomic E-state index is 13.3. The fraction of sp³-hybridized carbons (Fsp3) is 0.600. The van der Waals surface area contributed by atoms with E-state index in [-0.39, 0.29) is 6.54 Å². The Hall–Kier alpha value is -1.93. The van der Waals surface area contributed by atoms with Crippen molar-refractivity contribution in [3.8, 4) is 0 Å². The molecule has 0 bridgehead atoms. The van der Waals surface area contributed by atoms with Crippen LogP contribution in [0.2, 0.25) is 0 Å². The molecule has 0 aliphatic carbocycles. The van der Waals surface area contributed by atoms with Crippen molar-refractivity contribution in [2.75, 3.05) is 6.54 Å². The summed E-state index contributed by atoms with van der Waals surface area (Å²) in [6.45, 7) is 15.2. The molecule has 6 nitrogen and oxygen atoms in total. The molecule has 1 aromatic rings. The topological polar surface area (TPSA) is 69.7 Å². The predicted octanol–water partition coefficient (Wildman–Crippen LogP) is 4.07. The first-order chi connectivity index (χ1) is 12.7. The Labute approximate surface area is 167 Å². The molecule has 0 aromatic carbocycles. The zero-order chi connectivity index (χ0) is 21.3. The highest BCUT2D eigenvalue weighted by Crippen LogP contribution is 2.38. The molecule has 0 saturated carbocycles. The van der Waals surface area contributed by atoms with Crippen molar-refractivity contribution in [3.63, 3.8) is 0 Å². The number of hydrogen-bond acceptors (Lipinski definition) is 5. The van der Waals surface area contributed by atoms with Crippen LogP contribution in [0.3, 0.4) is 0 Å². The van der Waals surface area contributed by atoms with Gasteiger partial charge in [0.2, 0.25) is 5.95 Å². The highest BCUT2D eigenvalue weighted by atomic mass is 19.1. The van der Waals surface area contributed by atoms with Crippen molar-refractivity contribution < 1.29 is 23.2 Å². The van der Waals surface area contributed by atoms with Crippen molar-refractivity contribution in [2.24, 2.45) is 0 Å². The predicted molar refractivity (Wildman–Crippen MR) is 107 cm³/mol. The van der Waals surface area contributed by atoms with Gasteiger partial charge in [0.05, 0.1) is 11.2 Å². The van der Waals surface area contributed by atoms with Crippen LogP contribution in [0.5, 0.6) is 0 Å². The highest BCUT2D eigenvalue weighted by Gasteiger charge is 2.52. The van der Waals surface area contributed by atoms with Crippen LogP contribution < -0.4 is 5.32 Å². The Morgan fingerprint density at radius 3 is 2.36 bits per heavy atom. The summed E-state index contributed by atoms with van der Waals surface area (Å²) in [7, 11) is -0.663. The average Bonchev–Trinajstić information content (AvgIpc) is 2.71. The van der Waals surface area contributed by atoms with Crippen LogP contribution in [-0.4, -0.2) is 41.5 Å². The van der Waals surface area contributed by atoms with Gasteiger partial charge in [0.25, 0.3) is 0 Å². The van der Waals surface area contributed by atoms with Crippen molar-refractivity contribution in [1.29, 1.82) is 0 Å². The van der Waals surface area contributed by atoms with Crippen LogP contribution >= 0.6 is 0 Å². The first-order valence-corrected chi connectivity index (χ1v) is 9.35. The Morgan fingerprint density at radius 1 is 1.29 bits per heavy atom. The number of ether oxygens (including phenoxy) is 1. The SMILES string of the molecule is Cc1cc(F)ncc1C=C(CNC(=O)OC(C)(C)C)B1OC(C)(C)C(C)(C)O1. The van der Waals surface area contributed by atoms with E-state index in [0.717, 1.165) is 11.1 Å². The molecule has 28 heavy (non-hydrogen) atoms. The number of aromatic nitrogens is 1. The van der Waals surface area contributed by atoms with Crippen LogP contribution in [0.15, 0.2) is 17.7 Å². The third-order valence-corrected chi connectivity index (χ3v) is 4.85. The van der Waals surface area contributed by atoms with E-state index in [2.05, 4.69) is 10.3 Å². The van der Waals surface area contributed by atoms with Crippen LogP contribution in [0.25, 0.3) is 6.08 Å². The fourth-order valence-electron chi connectivity index (χ4n) is 2.57. The van der Waals surface area contributed by atoms with Gasteiger partial charge in [-0.2, -0.15) is 4.39 Å². The van der Waals surface area contributed by atoms with Crippen molar-refractivity contribution in [2.45, 2.75) is 72.2 Å². The maximum Gasteiger partial charge on any atom is 0.492 e. The number of amides is 1. The lowest BCUT2D eigenvalue weighted by atomic mass is 9.77. The smallest absolute Gasteiger partial charge is 0.444 e. The number of alkyl carbamates (subject to hydrolysis) is 1. The zero-order valence-corrected chi connectivity index (χ0v) is 18.0. The van der Waals surface area contributed by atoms with Gasteiger partial charge >= 0.3 is 13.2 Å². The number of carbonyl (C=O) groups excluding carboxylic acids is 1. The maximum atomic E-state index is 13.3. The van der Waals surface area contributed by atoms with Gasteiger partial charge in [-0.05, 0) is 78.1 Å². The molecule has 1 aliphatic heterocycles. The first-order valence-electron chi connectivity index (χ1n) is 9.35. The molecular weight excluding hydrogens is 362 g/mol. The van der Waals surface area contributed by atoms with E-state index < -0.39 is 36.0 Å². The second kappa shape index (κ2) is 7.83. The lowest BCUT2D eigenvalue weighted by Crippen LogP contribution is -2.41. The number of pyridine rings is 1. The summed E-state index contributed by atoms with van der Waals surface area (Å²) in [5.74, 6) is -0.543. The monoisotopic (exact) mass is 392 g/mol. The number of aryl methyl sites for hydroxylation is 1. The summed E-state index contributed by atoms with van der Waals surface area (Å²) in [4.78, 5) is 15.8. The van der Waals surface area contributed by atoms with E-state index in [1.807, 2.05) is 27.7 Å². The summed E-state index contributed by atoms with van der Waals surface area (Å²) < 4.78 is 30.9. The van der Waals surface area contributed by atoms with Crippen molar-refractivity contribution in [1.82, 2.24) is 10.3 Å². The Bertz CT molecular complexity index is 756. The van der Waals surface area contributed by atoms with E-state index in [4.69, 9.17) is 14.0 Å². The van der Waals surface area contributed by atoms with E-state index in [1.54, 1.807) is 33.8 Å². The first kappa shape index (κ1) is 22.4. The molecule has 1 aromatic heterocycles. The number of halogens is 1. The molecule has 2 heterocycles. The average molecular weight is 392 g/mol. The van der Waals surface area contributed by atoms with Gasteiger partial charge in [0, 0.05) is 12.7 Å². The number of carbonyl (C=O) groups is 1. The summed E-state index contributed by atoms with van der Waals surface area (Å²) >= 11 is 0. The number of nitrogens with one attached hydrogen (secondary N) is 1. The Morgan fingerprint density at radius 2 is 1.86 bits per heavy atom. The molecule has 0 radical (unpaired) electrons. The fourth-order valence-corrected chi connectivity index (χ4v) is 2.57. The summed E-state index contributed by atoms with van der Waals surface area (Å²) in [6.07, 6.45) is 2.72. The Balaban J connectivity index is 2.28. The van der Waals surface area contributed by atoms with Crippen LogP contribution in [0.1, 0.15) is 59.6 Å². The minimum atomic E-state index is -0.663. The second-order valence-electron chi connectivity index (χ2n) is 9.03. The molecule has 1 amide bonds. The van der Waals surface area contributed by atoms with Gasteiger partial charge in [-0.1, -0.05) is 6.08 Å². The summed E-state index contributed by atoms with van der Waals surface area (Å²) in [5, 5.41) is 2.74. The van der Waals surface area contributed by atoms with Gasteiger partial charge in [0.15, 0.2) is 0 Å². The molecule has 0 spiro atoms. The van der Waals surface area contributed by atoms with Gasteiger partial charge in [-0.15, -0.1) is 0 Å². The molecule has 1 N–H and O–H groups in total. The van der Waals surface area contributed by atoms with E-state index in [1.165, 1.54) is 12.3 Å². The standard InChI is InChI=1S/C20H30BFN2O4/c1-13-9-16(22)23-11-14(13)10-15(12-24-17(25)26-18(2,3)4)21-27-19(5,6)20(7,8)28-21/h9-11H,12H2,1-8H3,(H,24,25). The van der Waals surface area contributed by atoms with Crippen LogP contribution in [0.4, 0.5) is 9.18 Å². The third kappa shape index (κ3) is 5.55. The lowest BCUT2D eigenvalue weighted by molar-refractivity contribution is 0.00578. The largest absolute Gasteiger partial charge is 0.492 e. The van der Waals surface area contributed by atoms with Crippen LogP contribution in [0, 0.1) is 12.9 Å². The molecule has 1 aliphatic rings. The second-order valence-corrected chi connectivity index (χ2v) is 9.03. The molecule has 2 rings (SSSR count). The minimum Gasteiger partial charge on any atom is -0.444 e. The van der Waals surface area contributed by atoms with E-state index >= 15 is 0 Å². The molecule has 1 saturated heterocycles. The molecule has 0 unspecified atom stereocenters. The quantitative estimate of drug-likeness (QED) is 0.618. The normalized spacial score (nSPS) is 18.9. The number of nitrogens with zero attached hydrogens (tertiary/aromatic N) is 1. The summed E-state index contributed by atoms with van der Waals surface area (Å²) in [6, 6.07) is 1.36. The summed E-state index contributed by atoms with van der Waals surface area (Å²) in [5.41, 5.74) is 0.463. The number of hydrogen-bond donors (Lipinski definition) is 1. The van der Waals surface area contributed by atoms with Crippen LogP contribution in [-0.2, 0) is 14.0 Å². The minimum absolute atomic E-state index is 0.155. The van der Waals surface area contributed by atoms with Gasteiger partial charge in [0.1, 0.15) is 5.60 Å². The molecule has 154 valence electrons. The van der Waals surface area contributed by atoms with Crippen molar-refractivity contribution in [3.05, 3.63) is 34.8 Å². The molecular formula is C20H30BFN2O4. The lowest BCUT2D eigenvalue weighted by Gasteiger charge is -2.32. The molecule has 8 heteroatoms.